The highest BCUT2D eigenvalue weighted by atomic mass is 32.1. The molecule has 6 nitrogen and oxygen atoms in total. The topological polar surface area (TPSA) is 86.7 Å². The van der Waals surface area contributed by atoms with Gasteiger partial charge in [0, 0.05) is 25.2 Å². The lowest BCUT2D eigenvalue weighted by Crippen LogP contribution is -2.45. The summed E-state index contributed by atoms with van der Waals surface area (Å²) in [5, 5.41) is 13.9. The standard InChI is InChI=1S/C20H22N2O4S/c1-13-12-22(9-8-16(13)20(25)26)19(24)15-6-4-14(5-7-15)11-21-18(23)17-3-2-10-27-17/h2-7,10,13,16H,8-9,11-12H2,1H3,(H,21,23)(H,25,26). The lowest BCUT2D eigenvalue weighted by atomic mass is 9.87. The Morgan fingerprint density at radius 1 is 1.22 bits per heavy atom. The molecule has 27 heavy (non-hydrogen) atoms. The van der Waals surface area contributed by atoms with Gasteiger partial charge in [0.1, 0.15) is 0 Å². The second-order valence-corrected chi connectivity index (χ2v) is 7.77. The van der Waals surface area contributed by atoms with Gasteiger partial charge in [-0.2, -0.15) is 0 Å². The van der Waals surface area contributed by atoms with Gasteiger partial charge in [-0.15, -0.1) is 11.3 Å². The molecule has 1 aromatic carbocycles. The van der Waals surface area contributed by atoms with Gasteiger partial charge in [-0.1, -0.05) is 25.1 Å². The van der Waals surface area contributed by atoms with E-state index in [-0.39, 0.29) is 23.7 Å². The van der Waals surface area contributed by atoms with E-state index in [2.05, 4.69) is 5.32 Å². The number of carbonyl (C=O) groups is 3. The fourth-order valence-corrected chi connectivity index (χ4v) is 3.96. The van der Waals surface area contributed by atoms with Gasteiger partial charge in [-0.3, -0.25) is 14.4 Å². The second kappa shape index (κ2) is 8.35. The van der Waals surface area contributed by atoms with E-state index in [0.29, 0.717) is 36.5 Å². The maximum atomic E-state index is 12.7. The lowest BCUT2D eigenvalue weighted by Gasteiger charge is -2.35. The molecule has 3 rings (SSSR count). The van der Waals surface area contributed by atoms with Crippen molar-refractivity contribution in [1.29, 1.82) is 0 Å². The van der Waals surface area contributed by atoms with E-state index in [0.717, 1.165) is 5.56 Å². The fraction of sp³-hybridized carbons (Fsp3) is 0.350. The number of carboxylic acid groups (broad SMARTS) is 1. The average molecular weight is 386 g/mol. The molecule has 0 saturated carbocycles. The quantitative estimate of drug-likeness (QED) is 0.827. The normalized spacial score (nSPS) is 19.5. The van der Waals surface area contributed by atoms with Gasteiger partial charge in [0.15, 0.2) is 0 Å². The third-order valence-corrected chi connectivity index (χ3v) is 5.78. The summed E-state index contributed by atoms with van der Waals surface area (Å²) < 4.78 is 0. The summed E-state index contributed by atoms with van der Waals surface area (Å²) in [6.45, 7) is 3.18. The van der Waals surface area contributed by atoms with Gasteiger partial charge in [-0.25, -0.2) is 0 Å². The molecule has 2 atom stereocenters. The average Bonchev–Trinajstić information content (AvgIpc) is 3.20. The molecule has 1 aromatic heterocycles. The number of likely N-dealkylation sites (tertiary alicyclic amines) is 1. The zero-order chi connectivity index (χ0) is 19.4. The van der Waals surface area contributed by atoms with Crippen LogP contribution in [0.2, 0.25) is 0 Å². The number of piperidine rings is 1. The predicted molar refractivity (Wildman–Crippen MR) is 103 cm³/mol. The molecular weight excluding hydrogens is 364 g/mol. The molecule has 7 heteroatoms. The Balaban J connectivity index is 1.56. The molecule has 0 aliphatic carbocycles. The van der Waals surface area contributed by atoms with E-state index in [1.807, 2.05) is 30.5 Å². The second-order valence-electron chi connectivity index (χ2n) is 6.82. The summed E-state index contributed by atoms with van der Waals surface area (Å²) in [7, 11) is 0. The van der Waals surface area contributed by atoms with Gasteiger partial charge >= 0.3 is 5.97 Å². The van der Waals surface area contributed by atoms with E-state index in [9.17, 15) is 19.5 Å². The third kappa shape index (κ3) is 4.54. The lowest BCUT2D eigenvalue weighted by molar-refractivity contribution is -0.145. The number of carboxylic acids is 1. The van der Waals surface area contributed by atoms with Crippen LogP contribution < -0.4 is 5.32 Å². The number of thiophene rings is 1. The highest BCUT2D eigenvalue weighted by Gasteiger charge is 2.33. The minimum absolute atomic E-state index is 0.0630. The molecule has 142 valence electrons. The smallest absolute Gasteiger partial charge is 0.306 e. The van der Waals surface area contributed by atoms with Crippen LogP contribution in [0.5, 0.6) is 0 Å². The van der Waals surface area contributed by atoms with Crippen LogP contribution in [0.25, 0.3) is 0 Å². The van der Waals surface area contributed by atoms with E-state index in [4.69, 9.17) is 0 Å². The minimum atomic E-state index is -0.788. The summed E-state index contributed by atoms with van der Waals surface area (Å²) in [6, 6.07) is 10.8. The van der Waals surface area contributed by atoms with Crippen molar-refractivity contribution >= 4 is 29.1 Å². The van der Waals surface area contributed by atoms with Gasteiger partial charge in [0.2, 0.25) is 0 Å². The zero-order valence-corrected chi connectivity index (χ0v) is 15.9. The van der Waals surface area contributed by atoms with Crippen LogP contribution in [-0.2, 0) is 11.3 Å². The van der Waals surface area contributed by atoms with Crippen molar-refractivity contribution < 1.29 is 19.5 Å². The molecule has 1 saturated heterocycles. The Morgan fingerprint density at radius 3 is 2.56 bits per heavy atom. The molecule has 2 unspecified atom stereocenters. The number of nitrogens with zero attached hydrogens (tertiary/aromatic N) is 1. The summed E-state index contributed by atoms with van der Waals surface area (Å²) in [5.74, 6) is -1.43. The molecule has 0 bridgehead atoms. The molecule has 1 aliphatic heterocycles. The van der Waals surface area contributed by atoms with Crippen molar-refractivity contribution in [3.8, 4) is 0 Å². The first-order chi connectivity index (χ1) is 13.0. The first kappa shape index (κ1) is 19.1. The summed E-state index contributed by atoms with van der Waals surface area (Å²) in [4.78, 5) is 38.2. The Morgan fingerprint density at radius 2 is 1.96 bits per heavy atom. The number of benzene rings is 1. The van der Waals surface area contributed by atoms with E-state index >= 15 is 0 Å². The summed E-state index contributed by atoms with van der Waals surface area (Å²) in [5.41, 5.74) is 1.48. The van der Waals surface area contributed by atoms with Crippen LogP contribution in [0.1, 0.15) is 38.9 Å². The molecule has 0 spiro atoms. The predicted octanol–water partition coefficient (Wildman–Crippen LogP) is 2.86. The summed E-state index contributed by atoms with van der Waals surface area (Å²) in [6.07, 6.45) is 0.481. The number of rotatable bonds is 5. The van der Waals surface area contributed by atoms with E-state index in [1.54, 1.807) is 23.1 Å². The summed E-state index contributed by atoms with van der Waals surface area (Å²) >= 11 is 1.39. The zero-order valence-electron chi connectivity index (χ0n) is 15.1. The SMILES string of the molecule is CC1CN(C(=O)c2ccc(CNC(=O)c3cccs3)cc2)CCC1C(=O)O. The number of aliphatic carboxylic acids is 1. The fourth-order valence-electron chi connectivity index (χ4n) is 3.32. The maximum absolute atomic E-state index is 12.7. The first-order valence-electron chi connectivity index (χ1n) is 8.88. The Kier molecular flexibility index (Phi) is 5.91. The number of carbonyl (C=O) groups excluding carboxylic acids is 2. The monoisotopic (exact) mass is 386 g/mol. The largest absolute Gasteiger partial charge is 0.481 e. The molecule has 2 aromatic rings. The number of nitrogens with one attached hydrogen (secondary N) is 1. The number of hydrogen-bond acceptors (Lipinski definition) is 4. The van der Waals surface area contributed by atoms with Gasteiger partial charge in [-0.05, 0) is 41.5 Å². The maximum Gasteiger partial charge on any atom is 0.306 e. The third-order valence-electron chi connectivity index (χ3n) is 4.91. The van der Waals surface area contributed by atoms with Crippen molar-refractivity contribution in [2.45, 2.75) is 19.9 Å². The Bertz CT molecular complexity index is 817. The van der Waals surface area contributed by atoms with Gasteiger partial charge < -0.3 is 15.3 Å². The molecule has 2 heterocycles. The van der Waals surface area contributed by atoms with Crippen molar-refractivity contribution in [2.75, 3.05) is 13.1 Å². The molecular formula is C20H22N2O4S. The number of amides is 2. The minimum Gasteiger partial charge on any atom is -0.481 e. The number of hydrogen-bond donors (Lipinski definition) is 2. The molecule has 0 radical (unpaired) electrons. The van der Waals surface area contributed by atoms with Gasteiger partial charge in [0.05, 0.1) is 10.8 Å². The molecule has 1 aliphatic rings. The van der Waals surface area contributed by atoms with Crippen LogP contribution in [0.15, 0.2) is 41.8 Å². The van der Waals surface area contributed by atoms with Crippen molar-refractivity contribution in [3.63, 3.8) is 0 Å². The van der Waals surface area contributed by atoms with Crippen LogP contribution in [-0.4, -0.2) is 40.9 Å². The Labute approximate surface area is 161 Å². The van der Waals surface area contributed by atoms with Crippen molar-refractivity contribution in [1.82, 2.24) is 10.2 Å². The highest BCUT2D eigenvalue weighted by Crippen LogP contribution is 2.24. The van der Waals surface area contributed by atoms with Gasteiger partial charge in [0.25, 0.3) is 11.8 Å². The highest BCUT2D eigenvalue weighted by molar-refractivity contribution is 7.12. The Hall–Kier alpha value is -2.67. The van der Waals surface area contributed by atoms with E-state index < -0.39 is 5.97 Å². The van der Waals surface area contributed by atoms with Crippen LogP contribution in [0, 0.1) is 11.8 Å². The molecule has 2 N–H and O–H groups in total. The van der Waals surface area contributed by atoms with Crippen molar-refractivity contribution in [2.24, 2.45) is 11.8 Å². The molecule has 2 amide bonds. The van der Waals surface area contributed by atoms with Crippen LogP contribution in [0.3, 0.4) is 0 Å². The van der Waals surface area contributed by atoms with Crippen molar-refractivity contribution in [3.05, 3.63) is 57.8 Å². The van der Waals surface area contributed by atoms with E-state index in [1.165, 1.54) is 11.3 Å². The van der Waals surface area contributed by atoms with Crippen LogP contribution in [0.4, 0.5) is 0 Å². The molecule has 1 fully saturated rings. The first-order valence-corrected chi connectivity index (χ1v) is 9.76. The van der Waals surface area contributed by atoms with Crippen LogP contribution >= 0.6 is 11.3 Å².